The first-order valence-electron chi connectivity index (χ1n) is 13.1. The van der Waals surface area contributed by atoms with Crippen molar-refractivity contribution >= 4 is 46.5 Å². The highest BCUT2D eigenvalue weighted by Crippen LogP contribution is 2.58. The van der Waals surface area contributed by atoms with Gasteiger partial charge in [-0.2, -0.15) is 0 Å². The molecular formula is C32H33N2O8P. The Hall–Kier alpha value is -4.95. The van der Waals surface area contributed by atoms with Gasteiger partial charge >= 0.3 is 0 Å². The van der Waals surface area contributed by atoms with Crippen LogP contribution < -0.4 is 21.0 Å². The van der Waals surface area contributed by atoms with Crippen molar-refractivity contribution in [3.63, 3.8) is 0 Å². The zero-order valence-corrected chi connectivity index (χ0v) is 25.4. The first-order valence-corrected chi connectivity index (χ1v) is 15.0. The van der Waals surface area contributed by atoms with Gasteiger partial charge in [-0.05, 0) is 64.1 Å². The maximum absolute atomic E-state index is 11.6. The summed E-state index contributed by atoms with van der Waals surface area (Å²) in [5.74, 6) is -1.92. The van der Waals surface area contributed by atoms with E-state index in [4.69, 9.17) is 19.8 Å². The third kappa shape index (κ3) is 9.83. The van der Waals surface area contributed by atoms with E-state index in [0.29, 0.717) is 11.7 Å². The summed E-state index contributed by atoms with van der Waals surface area (Å²) in [5, 5.41) is 42.9. The molecule has 0 aliphatic rings. The lowest BCUT2D eigenvalue weighted by Crippen LogP contribution is -2.32. The van der Waals surface area contributed by atoms with Crippen LogP contribution >= 0.6 is 7.26 Å². The minimum Gasteiger partial charge on any atom is -0.550 e. The van der Waals surface area contributed by atoms with Crippen molar-refractivity contribution in [2.75, 3.05) is 0 Å². The van der Waals surface area contributed by atoms with Gasteiger partial charge in [-0.1, -0.05) is 53.1 Å². The van der Waals surface area contributed by atoms with E-state index >= 15 is 0 Å². The molecule has 0 radical (unpaired) electrons. The van der Waals surface area contributed by atoms with Crippen molar-refractivity contribution in [3.05, 3.63) is 133 Å². The summed E-state index contributed by atoms with van der Waals surface area (Å²) < 4.78 is 0. The number of carbonyl (C=O) groups excluding carboxylic acids is 1. The van der Waals surface area contributed by atoms with Crippen molar-refractivity contribution in [3.8, 4) is 0 Å². The predicted octanol–water partition coefficient (Wildman–Crippen LogP) is 4.77. The first-order chi connectivity index (χ1) is 20.1. The van der Waals surface area contributed by atoms with Crippen LogP contribution in [0.15, 0.2) is 91.0 Å². The molecule has 0 heterocycles. The molecule has 0 unspecified atom stereocenters. The van der Waals surface area contributed by atoms with E-state index in [0.717, 1.165) is 52.5 Å². The van der Waals surface area contributed by atoms with Gasteiger partial charge in [0.05, 0.1) is 22.1 Å². The van der Waals surface area contributed by atoms with Crippen molar-refractivity contribution < 1.29 is 29.6 Å². The van der Waals surface area contributed by atoms with Crippen molar-refractivity contribution in [1.29, 1.82) is 0 Å². The number of hydrogen-bond donors (Lipinski definition) is 1. The van der Waals surface area contributed by atoms with Gasteiger partial charge in [-0.3, -0.25) is 25.0 Å². The summed E-state index contributed by atoms with van der Waals surface area (Å²) >= 11 is 0. The average Bonchev–Trinajstić information content (AvgIpc) is 2.92. The lowest BCUT2D eigenvalue weighted by molar-refractivity contribution is -0.394. The van der Waals surface area contributed by atoms with Crippen LogP contribution in [0.5, 0.6) is 0 Å². The molecule has 0 atom stereocenters. The molecule has 0 aliphatic carbocycles. The highest BCUT2D eigenvalue weighted by molar-refractivity contribution is 7.95. The molecule has 4 aromatic carbocycles. The molecule has 0 bridgehead atoms. The molecule has 43 heavy (non-hydrogen) atoms. The molecule has 0 aliphatic heterocycles. The van der Waals surface area contributed by atoms with E-state index in [9.17, 15) is 20.2 Å². The molecule has 0 fully saturated rings. The van der Waals surface area contributed by atoms with Crippen LogP contribution in [0.1, 0.15) is 36.1 Å². The Balaban J connectivity index is 0.000000719. The highest BCUT2D eigenvalue weighted by Gasteiger charge is 2.46. The monoisotopic (exact) mass is 604 g/mol. The number of non-ortho nitro benzene ring substituents is 2. The van der Waals surface area contributed by atoms with Crippen LogP contribution in [0.25, 0.3) is 0 Å². The molecule has 0 aromatic heterocycles. The summed E-state index contributed by atoms with van der Waals surface area (Å²) in [7, 11) is -2.38. The Morgan fingerprint density at radius 1 is 0.651 bits per heavy atom. The zero-order chi connectivity index (χ0) is 32.3. The summed E-state index contributed by atoms with van der Waals surface area (Å²) in [5.41, 5.74) is 3.41. The van der Waals surface area contributed by atoms with Gasteiger partial charge in [0, 0.05) is 30.6 Å². The van der Waals surface area contributed by atoms with Gasteiger partial charge < -0.3 is 15.0 Å². The van der Waals surface area contributed by atoms with Crippen molar-refractivity contribution in [2.45, 2.75) is 40.8 Å². The van der Waals surface area contributed by atoms with Gasteiger partial charge in [0.2, 0.25) is 0 Å². The predicted molar refractivity (Wildman–Crippen MR) is 167 cm³/mol. The number of hydrogen-bond acceptors (Lipinski definition) is 7. The molecule has 0 saturated carbocycles. The van der Waals surface area contributed by atoms with Crippen LogP contribution in [-0.4, -0.2) is 26.9 Å². The minimum atomic E-state index is -2.38. The number of aliphatic carboxylic acids is 2. The smallest absolute Gasteiger partial charge is 0.300 e. The second-order valence-electron chi connectivity index (χ2n) is 9.86. The van der Waals surface area contributed by atoms with Gasteiger partial charge in [0.25, 0.3) is 17.3 Å². The number of carboxylic acids is 2. The van der Waals surface area contributed by atoms with Crippen molar-refractivity contribution in [1.82, 2.24) is 0 Å². The molecule has 1 N–H and O–H groups in total. The van der Waals surface area contributed by atoms with Gasteiger partial charge in [-0.15, -0.1) is 0 Å². The highest BCUT2D eigenvalue weighted by atomic mass is 31.2. The third-order valence-electron chi connectivity index (χ3n) is 6.23. The van der Waals surface area contributed by atoms with E-state index in [1.54, 1.807) is 0 Å². The zero-order valence-electron chi connectivity index (χ0n) is 24.5. The van der Waals surface area contributed by atoms with E-state index < -0.39 is 29.0 Å². The standard InChI is InChI=1S/C28H26N2O4P.2C2H4O2/c1-20-4-10-26(11-5-20)35(27-12-6-21(2)7-13-27,28-14-8-22(3)9-15-28)19-23-16-24(29(31)32)18-25(17-23)30(33)34;2*1-2(3)4/h4-18H,19H2,1-3H3;2*1H3,(H,3,4)/q+1;;/p-1. The number of carboxylic acid groups (broad SMARTS) is 2. The maximum atomic E-state index is 11.6. The van der Waals surface area contributed by atoms with Crippen molar-refractivity contribution in [2.24, 2.45) is 0 Å². The number of nitrogens with zero attached hydrogens (tertiary/aromatic N) is 2. The fourth-order valence-corrected chi connectivity index (χ4v) is 8.50. The minimum absolute atomic E-state index is 0.274. The fraction of sp³-hybridized carbons (Fsp3) is 0.188. The van der Waals surface area contributed by atoms with Crippen LogP contribution in [-0.2, 0) is 15.8 Å². The SMILES string of the molecule is CC(=O)O.CC(=O)[O-].Cc1ccc([P+](Cc2cc([N+](=O)[O-])cc([N+](=O)[O-])c2)(c2ccc(C)cc2)c2ccc(C)cc2)cc1. The Labute approximate surface area is 250 Å². The van der Waals surface area contributed by atoms with Gasteiger partial charge in [0.1, 0.15) is 23.2 Å². The Bertz CT molecular complexity index is 1420. The number of benzene rings is 4. The maximum Gasteiger partial charge on any atom is 0.300 e. The number of nitro groups is 2. The number of carbonyl (C=O) groups is 2. The van der Waals surface area contributed by atoms with Gasteiger partial charge in [0.15, 0.2) is 0 Å². The molecule has 11 heteroatoms. The largest absolute Gasteiger partial charge is 0.550 e. The number of aryl methyl sites for hydroxylation is 3. The molecule has 224 valence electrons. The van der Waals surface area contributed by atoms with Crippen LogP contribution in [0.2, 0.25) is 0 Å². The molecule has 0 saturated heterocycles. The topological polar surface area (TPSA) is 164 Å². The second-order valence-corrected chi connectivity index (χ2v) is 13.3. The fourth-order valence-electron chi connectivity index (χ4n) is 4.35. The first kappa shape index (κ1) is 34.3. The van der Waals surface area contributed by atoms with E-state index in [1.165, 1.54) is 12.1 Å². The molecular weight excluding hydrogens is 571 g/mol. The Morgan fingerprint density at radius 2 is 0.907 bits per heavy atom. The number of rotatable bonds is 7. The molecule has 10 nitrogen and oxygen atoms in total. The average molecular weight is 605 g/mol. The summed E-state index contributed by atoms with van der Waals surface area (Å²) in [6.45, 7) is 8.16. The lowest BCUT2D eigenvalue weighted by Gasteiger charge is -2.28. The van der Waals surface area contributed by atoms with Crippen LogP contribution in [0.4, 0.5) is 11.4 Å². The summed E-state index contributed by atoms with van der Waals surface area (Å²) in [6.07, 6.45) is 0.421. The van der Waals surface area contributed by atoms with Crippen LogP contribution in [0.3, 0.4) is 0 Å². The van der Waals surface area contributed by atoms with E-state index in [-0.39, 0.29) is 11.4 Å². The third-order valence-corrected chi connectivity index (χ3v) is 10.6. The van der Waals surface area contributed by atoms with E-state index in [1.807, 2.05) is 20.8 Å². The Morgan fingerprint density at radius 3 is 1.14 bits per heavy atom. The normalized spacial score (nSPS) is 10.3. The van der Waals surface area contributed by atoms with Crippen LogP contribution in [0, 0.1) is 41.0 Å². The number of nitro benzene ring substituents is 2. The molecule has 0 spiro atoms. The van der Waals surface area contributed by atoms with Gasteiger partial charge in [-0.25, -0.2) is 0 Å². The summed E-state index contributed by atoms with van der Waals surface area (Å²) in [4.78, 5) is 40.0. The molecule has 4 rings (SSSR count). The Kier molecular flexibility index (Phi) is 12.2. The quantitative estimate of drug-likeness (QED) is 0.179. The molecule has 0 amide bonds. The van der Waals surface area contributed by atoms with E-state index in [2.05, 4.69) is 72.8 Å². The summed E-state index contributed by atoms with van der Waals surface area (Å²) in [6, 6.07) is 29.1. The second kappa shape index (κ2) is 15.3. The lowest BCUT2D eigenvalue weighted by atomic mass is 10.2. The molecule has 4 aromatic rings.